The molecule has 1 aromatic rings. The maximum Gasteiger partial charge on any atom is 0.230 e. The zero-order valence-corrected chi connectivity index (χ0v) is 11.8. The van der Waals surface area contributed by atoms with Gasteiger partial charge in [0.1, 0.15) is 0 Å². The van der Waals surface area contributed by atoms with E-state index in [0.29, 0.717) is 0 Å². The molecule has 1 aliphatic heterocycles. The van der Waals surface area contributed by atoms with Crippen LogP contribution >= 0.6 is 11.8 Å². The summed E-state index contributed by atoms with van der Waals surface area (Å²) < 4.78 is 0. The molecule has 2 aliphatic rings. The summed E-state index contributed by atoms with van der Waals surface area (Å²) in [6.07, 6.45) is 5.44. The van der Waals surface area contributed by atoms with E-state index in [9.17, 15) is 4.79 Å². The van der Waals surface area contributed by atoms with Crippen LogP contribution in [0.25, 0.3) is 0 Å². The Morgan fingerprint density at radius 3 is 2.42 bits per heavy atom. The molecular formula is C15H20N2OS. The Bertz CT molecular complexity index is 436. The third-order valence-corrected chi connectivity index (χ3v) is 5.23. The van der Waals surface area contributed by atoms with Crippen molar-refractivity contribution in [3.63, 3.8) is 0 Å². The second kappa shape index (κ2) is 5.97. The van der Waals surface area contributed by atoms with Crippen LogP contribution in [0, 0.1) is 5.92 Å². The van der Waals surface area contributed by atoms with Gasteiger partial charge in [-0.05, 0) is 37.1 Å². The number of amides is 1. The van der Waals surface area contributed by atoms with Gasteiger partial charge in [0.2, 0.25) is 5.91 Å². The van der Waals surface area contributed by atoms with Crippen LogP contribution in [0.2, 0.25) is 0 Å². The van der Waals surface area contributed by atoms with Crippen molar-refractivity contribution >= 4 is 23.4 Å². The van der Waals surface area contributed by atoms with Gasteiger partial charge in [-0.1, -0.05) is 12.8 Å². The van der Waals surface area contributed by atoms with Crippen LogP contribution in [-0.2, 0) is 4.79 Å². The highest BCUT2D eigenvalue weighted by Crippen LogP contribution is 2.34. The number of benzene rings is 1. The minimum Gasteiger partial charge on any atom is -0.326 e. The van der Waals surface area contributed by atoms with Gasteiger partial charge in [-0.25, -0.2) is 0 Å². The molecule has 102 valence electrons. The minimum atomic E-state index is 0.134. The number of anilines is 1. The van der Waals surface area contributed by atoms with Gasteiger partial charge in [0.05, 0.1) is 5.92 Å². The molecule has 19 heavy (non-hydrogen) atoms. The molecule has 0 atom stereocenters. The summed E-state index contributed by atoms with van der Waals surface area (Å²) in [5, 5.41) is 6.88. The van der Waals surface area contributed by atoms with Gasteiger partial charge in [0.15, 0.2) is 0 Å². The molecule has 1 heterocycles. The lowest BCUT2D eigenvalue weighted by molar-refractivity contribution is -0.121. The van der Waals surface area contributed by atoms with E-state index in [1.807, 2.05) is 23.9 Å². The molecule has 1 amide bonds. The van der Waals surface area contributed by atoms with Crippen molar-refractivity contribution in [2.24, 2.45) is 5.92 Å². The average molecular weight is 276 g/mol. The summed E-state index contributed by atoms with van der Waals surface area (Å²) in [5.74, 6) is 0.280. The largest absolute Gasteiger partial charge is 0.326 e. The first-order valence-corrected chi connectivity index (χ1v) is 7.97. The lowest BCUT2D eigenvalue weighted by Crippen LogP contribution is -2.48. The molecule has 1 aliphatic carbocycles. The fraction of sp³-hybridized carbons (Fsp3) is 0.533. The summed E-state index contributed by atoms with van der Waals surface area (Å²) in [6, 6.07) is 8.28. The second-order valence-electron chi connectivity index (χ2n) is 5.39. The minimum absolute atomic E-state index is 0.134. The third kappa shape index (κ3) is 3.31. The van der Waals surface area contributed by atoms with Crippen LogP contribution in [0.4, 0.5) is 5.69 Å². The number of hydrogen-bond acceptors (Lipinski definition) is 3. The van der Waals surface area contributed by atoms with Crippen molar-refractivity contribution < 1.29 is 4.79 Å². The first-order valence-electron chi connectivity index (χ1n) is 7.09. The highest BCUT2D eigenvalue weighted by Gasteiger charge is 2.24. The van der Waals surface area contributed by atoms with Gasteiger partial charge in [0.25, 0.3) is 0 Å². The van der Waals surface area contributed by atoms with Gasteiger partial charge in [-0.15, -0.1) is 11.8 Å². The molecule has 0 bridgehead atoms. The van der Waals surface area contributed by atoms with E-state index in [1.54, 1.807) is 0 Å². The predicted molar refractivity (Wildman–Crippen MR) is 79.5 cm³/mol. The number of nitrogens with one attached hydrogen (secondary N) is 2. The standard InChI is InChI=1S/C15H20N2OS/c18-15(11-9-16-10-11)17-12-5-7-14(8-6-12)19-13-3-1-2-4-13/h5-8,11,13,16H,1-4,9-10H2,(H,17,18). The Hall–Kier alpha value is -1.00. The number of thioether (sulfide) groups is 1. The van der Waals surface area contributed by atoms with Crippen molar-refractivity contribution in [1.29, 1.82) is 0 Å². The molecule has 0 unspecified atom stereocenters. The van der Waals surface area contributed by atoms with Crippen LogP contribution < -0.4 is 10.6 Å². The van der Waals surface area contributed by atoms with Crippen molar-refractivity contribution in [2.75, 3.05) is 18.4 Å². The molecule has 0 radical (unpaired) electrons. The summed E-state index contributed by atoms with van der Waals surface area (Å²) in [6.45, 7) is 1.61. The summed E-state index contributed by atoms with van der Waals surface area (Å²) in [4.78, 5) is 13.1. The van der Waals surface area contributed by atoms with E-state index in [0.717, 1.165) is 24.0 Å². The highest BCUT2D eigenvalue weighted by atomic mass is 32.2. The van der Waals surface area contributed by atoms with E-state index < -0.39 is 0 Å². The first kappa shape index (κ1) is 13.0. The highest BCUT2D eigenvalue weighted by molar-refractivity contribution is 8.00. The second-order valence-corrected chi connectivity index (χ2v) is 6.77. The molecule has 1 saturated heterocycles. The lowest BCUT2D eigenvalue weighted by atomic mass is 10.0. The molecule has 1 saturated carbocycles. The normalized spacial score (nSPS) is 20.2. The van der Waals surface area contributed by atoms with Crippen LogP contribution in [0.15, 0.2) is 29.2 Å². The molecular weight excluding hydrogens is 256 g/mol. The molecule has 3 rings (SSSR count). The molecule has 2 fully saturated rings. The average Bonchev–Trinajstić information content (AvgIpc) is 2.82. The maximum atomic E-state index is 11.8. The van der Waals surface area contributed by atoms with E-state index in [2.05, 4.69) is 22.8 Å². The SMILES string of the molecule is O=C(Nc1ccc(SC2CCCC2)cc1)C1CNC1. The van der Waals surface area contributed by atoms with E-state index >= 15 is 0 Å². The first-order chi connectivity index (χ1) is 9.31. The number of rotatable bonds is 4. The van der Waals surface area contributed by atoms with Crippen molar-refractivity contribution in [3.05, 3.63) is 24.3 Å². The van der Waals surface area contributed by atoms with Gasteiger partial charge < -0.3 is 10.6 Å². The Labute approximate surface area is 118 Å². The quantitative estimate of drug-likeness (QED) is 0.888. The van der Waals surface area contributed by atoms with E-state index in [1.165, 1.54) is 30.6 Å². The number of hydrogen-bond donors (Lipinski definition) is 2. The van der Waals surface area contributed by atoms with E-state index in [4.69, 9.17) is 0 Å². The molecule has 4 heteroatoms. The molecule has 1 aromatic carbocycles. The Morgan fingerprint density at radius 2 is 1.84 bits per heavy atom. The smallest absolute Gasteiger partial charge is 0.230 e. The predicted octanol–water partition coefficient (Wildman–Crippen LogP) is 2.88. The fourth-order valence-electron chi connectivity index (χ4n) is 2.53. The van der Waals surface area contributed by atoms with Crippen LogP contribution in [0.3, 0.4) is 0 Å². The Kier molecular flexibility index (Phi) is 4.09. The monoisotopic (exact) mass is 276 g/mol. The van der Waals surface area contributed by atoms with Gasteiger partial charge in [0, 0.05) is 28.9 Å². The zero-order valence-electron chi connectivity index (χ0n) is 11.0. The van der Waals surface area contributed by atoms with E-state index in [-0.39, 0.29) is 11.8 Å². The third-order valence-electron chi connectivity index (χ3n) is 3.88. The summed E-state index contributed by atoms with van der Waals surface area (Å²) in [5.41, 5.74) is 0.910. The zero-order chi connectivity index (χ0) is 13.1. The molecule has 2 N–H and O–H groups in total. The fourth-order valence-corrected chi connectivity index (χ4v) is 3.78. The summed E-state index contributed by atoms with van der Waals surface area (Å²) >= 11 is 1.98. The molecule has 0 spiro atoms. The Morgan fingerprint density at radius 1 is 1.16 bits per heavy atom. The summed E-state index contributed by atoms with van der Waals surface area (Å²) in [7, 11) is 0. The molecule has 0 aromatic heterocycles. The van der Waals surface area contributed by atoms with Crippen LogP contribution in [0.5, 0.6) is 0 Å². The van der Waals surface area contributed by atoms with Gasteiger partial charge >= 0.3 is 0 Å². The van der Waals surface area contributed by atoms with Crippen LogP contribution in [0.1, 0.15) is 25.7 Å². The van der Waals surface area contributed by atoms with Gasteiger partial charge in [-0.2, -0.15) is 0 Å². The van der Waals surface area contributed by atoms with Crippen LogP contribution in [-0.4, -0.2) is 24.2 Å². The van der Waals surface area contributed by atoms with Crippen molar-refractivity contribution in [2.45, 2.75) is 35.8 Å². The Balaban J connectivity index is 1.54. The van der Waals surface area contributed by atoms with Crippen molar-refractivity contribution in [3.8, 4) is 0 Å². The van der Waals surface area contributed by atoms with Crippen molar-refractivity contribution in [1.82, 2.24) is 5.32 Å². The molecule has 3 nitrogen and oxygen atoms in total. The topological polar surface area (TPSA) is 41.1 Å². The lowest BCUT2D eigenvalue weighted by Gasteiger charge is -2.25. The van der Waals surface area contributed by atoms with Gasteiger partial charge in [-0.3, -0.25) is 4.79 Å². The maximum absolute atomic E-state index is 11.8. The number of carbonyl (C=O) groups is 1. The number of carbonyl (C=O) groups excluding carboxylic acids is 1.